The van der Waals surface area contributed by atoms with Crippen LogP contribution in [0, 0.1) is 0 Å². The first kappa shape index (κ1) is 16.6. The van der Waals surface area contributed by atoms with Crippen LogP contribution in [0.5, 0.6) is 0 Å². The Hall–Kier alpha value is -0.790. The number of benzene rings is 1. The quantitative estimate of drug-likeness (QED) is 0.805. The highest BCUT2D eigenvalue weighted by Crippen LogP contribution is 2.33. The van der Waals surface area contributed by atoms with Crippen LogP contribution in [0.1, 0.15) is 12.0 Å². The monoisotopic (exact) mass is 366 g/mol. The second-order valence-corrected chi connectivity index (χ2v) is 5.78. The number of nitrogens with zero attached hydrogens (tertiary/aromatic N) is 1. The Morgan fingerprint density at radius 2 is 1.95 bits per heavy atom. The lowest BCUT2D eigenvalue weighted by Crippen LogP contribution is -2.37. The molecular weight excluding hydrogens is 349 g/mol. The van der Waals surface area contributed by atoms with Gasteiger partial charge in [0.2, 0.25) is 0 Å². The third-order valence-corrected chi connectivity index (χ3v) is 4.02. The number of hydrogen-bond acceptors (Lipinski definition) is 3. The summed E-state index contributed by atoms with van der Waals surface area (Å²) in [6.45, 7) is 5.14. The molecular formula is C14H18BrF3N2O. The Morgan fingerprint density at radius 1 is 1.24 bits per heavy atom. The summed E-state index contributed by atoms with van der Waals surface area (Å²) in [6, 6.07) is 3.65. The van der Waals surface area contributed by atoms with E-state index in [4.69, 9.17) is 4.74 Å². The van der Waals surface area contributed by atoms with Crippen LogP contribution >= 0.6 is 15.9 Å². The number of rotatable bonds is 5. The van der Waals surface area contributed by atoms with E-state index in [-0.39, 0.29) is 0 Å². The zero-order valence-corrected chi connectivity index (χ0v) is 13.1. The zero-order chi connectivity index (χ0) is 15.3. The van der Waals surface area contributed by atoms with Crippen molar-refractivity contribution < 1.29 is 17.9 Å². The molecule has 2 rings (SSSR count). The molecule has 1 aromatic carbocycles. The highest BCUT2D eigenvalue weighted by atomic mass is 79.9. The van der Waals surface area contributed by atoms with Crippen molar-refractivity contribution in [2.45, 2.75) is 12.6 Å². The van der Waals surface area contributed by atoms with Crippen LogP contribution < -0.4 is 5.32 Å². The lowest BCUT2D eigenvalue weighted by atomic mass is 10.2. The van der Waals surface area contributed by atoms with Crippen LogP contribution in [0.15, 0.2) is 22.7 Å². The summed E-state index contributed by atoms with van der Waals surface area (Å²) in [5.41, 5.74) is 0.0400. The van der Waals surface area contributed by atoms with Crippen LogP contribution in [-0.2, 0) is 10.9 Å². The van der Waals surface area contributed by atoms with Gasteiger partial charge in [0.25, 0.3) is 0 Å². The van der Waals surface area contributed by atoms with Crippen molar-refractivity contribution >= 4 is 21.6 Å². The van der Waals surface area contributed by atoms with Crippen LogP contribution in [0.3, 0.4) is 0 Å². The predicted molar refractivity (Wildman–Crippen MR) is 79.5 cm³/mol. The van der Waals surface area contributed by atoms with Gasteiger partial charge in [0, 0.05) is 29.8 Å². The standard InChI is InChI=1S/C14H18BrF3N2O/c15-12-10-11(14(16,17)18)2-3-13(12)19-4-1-5-20-6-8-21-9-7-20/h2-3,10,19H,1,4-9H2. The fourth-order valence-corrected chi connectivity index (χ4v) is 2.70. The van der Waals surface area contributed by atoms with Crippen LogP contribution in [0.25, 0.3) is 0 Å². The summed E-state index contributed by atoms with van der Waals surface area (Å²) in [7, 11) is 0. The Bertz CT molecular complexity index is 462. The Morgan fingerprint density at radius 3 is 2.57 bits per heavy atom. The van der Waals surface area contributed by atoms with Gasteiger partial charge in [0.1, 0.15) is 0 Å². The van der Waals surface area contributed by atoms with Crippen LogP contribution in [0.4, 0.5) is 18.9 Å². The minimum absolute atomic E-state index is 0.434. The summed E-state index contributed by atoms with van der Waals surface area (Å²) in [4.78, 5) is 2.33. The maximum absolute atomic E-state index is 12.6. The van der Waals surface area contributed by atoms with Gasteiger partial charge in [-0.25, -0.2) is 0 Å². The molecule has 0 saturated carbocycles. The largest absolute Gasteiger partial charge is 0.416 e. The average Bonchev–Trinajstić information content (AvgIpc) is 2.45. The second kappa shape index (κ2) is 7.47. The molecule has 0 aromatic heterocycles. The van der Waals surface area contributed by atoms with Gasteiger partial charge >= 0.3 is 6.18 Å². The van der Waals surface area contributed by atoms with E-state index in [1.54, 1.807) is 0 Å². The molecule has 0 aliphatic carbocycles. The van der Waals surface area contributed by atoms with Gasteiger partial charge in [-0.2, -0.15) is 13.2 Å². The first-order valence-corrected chi connectivity index (χ1v) is 7.67. The Balaban J connectivity index is 1.78. The normalized spacial score (nSPS) is 17.0. The molecule has 3 nitrogen and oxygen atoms in total. The Labute approximate surface area is 130 Å². The van der Waals surface area contributed by atoms with Gasteiger partial charge in [-0.05, 0) is 47.1 Å². The molecule has 0 unspecified atom stereocenters. The fourth-order valence-electron chi connectivity index (χ4n) is 2.19. The molecule has 1 saturated heterocycles. The lowest BCUT2D eigenvalue weighted by molar-refractivity contribution is -0.137. The maximum Gasteiger partial charge on any atom is 0.416 e. The number of nitrogens with one attached hydrogen (secondary N) is 1. The molecule has 0 amide bonds. The molecule has 7 heteroatoms. The van der Waals surface area contributed by atoms with Crippen molar-refractivity contribution in [3.05, 3.63) is 28.2 Å². The van der Waals surface area contributed by atoms with Crippen LogP contribution in [-0.4, -0.2) is 44.3 Å². The number of alkyl halides is 3. The van der Waals surface area contributed by atoms with Gasteiger partial charge in [-0.15, -0.1) is 0 Å². The van der Waals surface area contributed by atoms with Gasteiger partial charge in [-0.1, -0.05) is 0 Å². The molecule has 21 heavy (non-hydrogen) atoms. The average molecular weight is 367 g/mol. The molecule has 1 heterocycles. The Kier molecular flexibility index (Phi) is 5.89. The number of halogens is 4. The SMILES string of the molecule is FC(F)(F)c1ccc(NCCCN2CCOCC2)c(Br)c1. The number of hydrogen-bond donors (Lipinski definition) is 1. The predicted octanol–water partition coefficient (Wildman–Crippen LogP) is 3.60. The minimum atomic E-state index is -4.31. The second-order valence-electron chi connectivity index (χ2n) is 4.93. The van der Waals surface area contributed by atoms with E-state index in [0.29, 0.717) is 10.2 Å². The van der Waals surface area contributed by atoms with E-state index in [1.807, 2.05) is 0 Å². The fraction of sp³-hybridized carbons (Fsp3) is 0.571. The number of anilines is 1. The van der Waals surface area contributed by atoms with Gasteiger partial charge < -0.3 is 10.1 Å². The summed E-state index contributed by atoms with van der Waals surface area (Å²) in [6.07, 6.45) is -3.37. The van der Waals surface area contributed by atoms with E-state index in [0.717, 1.165) is 57.9 Å². The number of morpholine rings is 1. The lowest BCUT2D eigenvalue weighted by Gasteiger charge is -2.26. The molecule has 0 spiro atoms. The summed E-state index contributed by atoms with van der Waals surface area (Å²) < 4.78 is 43.4. The highest BCUT2D eigenvalue weighted by Gasteiger charge is 2.30. The topological polar surface area (TPSA) is 24.5 Å². The van der Waals surface area contributed by atoms with E-state index in [1.165, 1.54) is 6.07 Å². The maximum atomic E-state index is 12.6. The zero-order valence-electron chi connectivity index (χ0n) is 11.5. The molecule has 0 radical (unpaired) electrons. The van der Waals surface area contributed by atoms with Gasteiger partial charge in [0.05, 0.1) is 18.8 Å². The van der Waals surface area contributed by atoms with Crippen molar-refractivity contribution in [3.8, 4) is 0 Å². The molecule has 1 aromatic rings. The van der Waals surface area contributed by atoms with Crippen molar-refractivity contribution in [2.24, 2.45) is 0 Å². The van der Waals surface area contributed by atoms with Crippen molar-refractivity contribution in [1.82, 2.24) is 4.90 Å². The highest BCUT2D eigenvalue weighted by molar-refractivity contribution is 9.10. The first-order chi connectivity index (χ1) is 9.97. The molecule has 1 fully saturated rings. The first-order valence-electron chi connectivity index (χ1n) is 6.87. The summed E-state index contributed by atoms with van der Waals surface area (Å²) >= 11 is 3.18. The van der Waals surface area contributed by atoms with Gasteiger partial charge in [0.15, 0.2) is 0 Å². The summed E-state index contributed by atoms with van der Waals surface area (Å²) in [5.74, 6) is 0. The third-order valence-electron chi connectivity index (χ3n) is 3.37. The van der Waals surface area contributed by atoms with Crippen molar-refractivity contribution in [3.63, 3.8) is 0 Å². The van der Waals surface area contributed by atoms with E-state index >= 15 is 0 Å². The molecule has 0 bridgehead atoms. The smallest absolute Gasteiger partial charge is 0.384 e. The van der Waals surface area contributed by atoms with Gasteiger partial charge in [-0.3, -0.25) is 4.90 Å². The van der Waals surface area contributed by atoms with E-state index in [9.17, 15) is 13.2 Å². The summed E-state index contributed by atoms with van der Waals surface area (Å²) in [5, 5.41) is 3.16. The van der Waals surface area contributed by atoms with E-state index < -0.39 is 11.7 Å². The van der Waals surface area contributed by atoms with E-state index in [2.05, 4.69) is 26.1 Å². The molecule has 1 aliphatic heterocycles. The van der Waals surface area contributed by atoms with Crippen LogP contribution in [0.2, 0.25) is 0 Å². The molecule has 1 aliphatic rings. The molecule has 0 atom stereocenters. The number of ether oxygens (including phenoxy) is 1. The van der Waals surface area contributed by atoms with Crippen molar-refractivity contribution in [1.29, 1.82) is 0 Å². The van der Waals surface area contributed by atoms with Crippen molar-refractivity contribution in [2.75, 3.05) is 44.7 Å². The molecule has 118 valence electrons. The third kappa shape index (κ3) is 5.16. The molecule has 1 N–H and O–H groups in total. The minimum Gasteiger partial charge on any atom is -0.384 e.